The van der Waals surface area contributed by atoms with Gasteiger partial charge in [0.2, 0.25) is 5.78 Å². The number of rotatable bonds is 11. The molecule has 0 atom stereocenters. The van der Waals surface area contributed by atoms with Gasteiger partial charge >= 0.3 is 6.03 Å². The number of para-hydroxylation sites is 1. The molecule has 7 heteroatoms. The normalized spacial score (nSPS) is 10.1. The number of amides is 3. The molecule has 0 aliphatic heterocycles. The predicted molar refractivity (Wildman–Crippen MR) is 112 cm³/mol. The zero-order chi connectivity index (χ0) is 20.9. The van der Waals surface area contributed by atoms with Gasteiger partial charge in [-0.15, -0.1) is 0 Å². The molecule has 0 radical (unpaired) electrons. The Balaban J connectivity index is 1.62. The molecule has 0 aliphatic rings. The Bertz CT molecular complexity index is 809. The van der Waals surface area contributed by atoms with Gasteiger partial charge in [-0.05, 0) is 37.1 Å². The molecule has 0 aromatic heterocycles. The fourth-order valence-corrected chi connectivity index (χ4v) is 2.66. The number of likely N-dealkylation sites (N-methyl/N-ethyl adjacent to an activating group) is 1. The molecule has 2 aromatic carbocycles. The lowest BCUT2D eigenvalue weighted by Gasteiger charge is -2.10. The lowest BCUT2D eigenvalue weighted by molar-refractivity contribution is -0.137. The van der Waals surface area contributed by atoms with E-state index in [1.807, 2.05) is 42.5 Å². The monoisotopic (exact) mass is 397 g/mol. The van der Waals surface area contributed by atoms with Gasteiger partial charge in [0.05, 0.1) is 0 Å². The Morgan fingerprint density at radius 1 is 0.862 bits per heavy atom. The predicted octanol–water partition coefficient (Wildman–Crippen LogP) is 3.87. The summed E-state index contributed by atoms with van der Waals surface area (Å²) in [5.74, 6) is 0.441. The summed E-state index contributed by atoms with van der Waals surface area (Å²) in [7, 11) is 1.45. The fourth-order valence-electron chi connectivity index (χ4n) is 2.66. The number of urea groups is 1. The van der Waals surface area contributed by atoms with Gasteiger partial charge in [0.25, 0.3) is 5.91 Å². The summed E-state index contributed by atoms with van der Waals surface area (Å²) in [5, 5.41) is 7.91. The molecule has 0 saturated heterocycles. The maximum absolute atomic E-state index is 12.0. The van der Waals surface area contributed by atoms with Crippen molar-refractivity contribution in [3.8, 4) is 11.5 Å². The first-order valence-corrected chi connectivity index (χ1v) is 9.71. The molecule has 0 spiro atoms. The van der Waals surface area contributed by atoms with Crippen molar-refractivity contribution in [3.05, 3.63) is 54.6 Å². The number of nitrogens with one attached hydrogen (secondary N) is 3. The van der Waals surface area contributed by atoms with Gasteiger partial charge in [-0.3, -0.25) is 9.59 Å². The van der Waals surface area contributed by atoms with E-state index in [4.69, 9.17) is 4.74 Å². The number of unbranched alkanes of at least 4 members (excludes halogenated alkanes) is 3. The van der Waals surface area contributed by atoms with E-state index in [2.05, 4.69) is 16.0 Å². The van der Waals surface area contributed by atoms with Gasteiger partial charge < -0.3 is 20.7 Å². The number of anilines is 1. The molecule has 2 rings (SSSR count). The summed E-state index contributed by atoms with van der Waals surface area (Å²) in [6, 6.07) is 16.3. The van der Waals surface area contributed by atoms with Crippen molar-refractivity contribution in [2.24, 2.45) is 0 Å². The molecule has 7 nitrogen and oxygen atoms in total. The van der Waals surface area contributed by atoms with Gasteiger partial charge in [0.1, 0.15) is 11.5 Å². The van der Waals surface area contributed by atoms with Crippen LogP contribution < -0.4 is 20.7 Å². The summed E-state index contributed by atoms with van der Waals surface area (Å²) in [6.45, 7) is 0.537. The van der Waals surface area contributed by atoms with Gasteiger partial charge in [0.15, 0.2) is 0 Å². The van der Waals surface area contributed by atoms with E-state index in [9.17, 15) is 14.4 Å². The molecule has 0 aliphatic carbocycles. The third-order valence-corrected chi connectivity index (χ3v) is 4.17. The fraction of sp³-hybridized carbons (Fsp3) is 0.318. The quantitative estimate of drug-likeness (QED) is 0.396. The van der Waals surface area contributed by atoms with E-state index in [1.54, 1.807) is 12.1 Å². The van der Waals surface area contributed by atoms with Gasteiger partial charge in [0, 0.05) is 31.8 Å². The van der Waals surface area contributed by atoms with E-state index >= 15 is 0 Å². The second-order valence-electron chi connectivity index (χ2n) is 6.49. The topological polar surface area (TPSA) is 96.5 Å². The summed E-state index contributed by atoms with van der Waals surface area (Å²) >= 11 is 0. The molecule has 29 heavy (non-hydrogen) atoms. The minimum Gasteiger partial charge on any atom is -0.457 e. The molecule has 3 N–H and O–H groups in total. The zero-order valence-corrected chi connectivity index (χ0v) is 16.6. The van der Waals surface area contributed by atoms with Crippen LogP contribution in [0.4, 0.5) is 10.5 Å². The van der Waals surface area contributed by atoms with Crippen molar-refractivity contribution in [2.75, 3.05) is 18.9 Å². The van der Waals surface area contributed by atoms with Crippen LogP contribution in [0.25, 0.3) is 0 Å². The van der Waals surface area contributed by atoms with Crippen molar-refractivity contribution >= 4 is 23.4 Å². The van der Waals surface area contributed by atoms with Crippen molar-refractivity contribution in [2.45, 2.75) is 32.1 Å². The largest absolute Gasteiger partial charge is 0.457 e. The van der Waals surface area contributed by atoms with Crippen LogP contribution in [0.1, 0.15) is 32.1 Å². The number of carbonyl (C=O) groups is 3. The second kappa shape index (κ2) is 12.2. The molecule has 0 bridgehead atoms. The highest BCUT2D eigenvalue weighted by Crippen LogP contribution is 2.23. The third kappa shape index (κ3) is 8.47. The van der Waals surface area contributed by atoms with E-state index in [0.717, 1.165) is 25.0 Å². The number of ketones is 1. The van der Waals surface area contributed by atoms with Crippen molar-refractivity contribution in [1.82, 2.24) is 10.6 Å². The first kappa shape index (κ1) is 21.9. The second-order valence-corrected chi connectivity index (χ2v) is 6.49. The molecular weight excluding hydrogens is 370 g/mol. The Hall–Kier alpha value is -3.35. The number of benzene rings is 2. The SMILES string of the molecule is CNC(=O)C(=O)CCCCCCNC(=O)Nc1cccc(Oc2ccccc2)c1. The van der Waals surface area contributed by atoms with Crippen LogP contribution in [0, 0.1) is 0 Å². The minimum atomic E-state index is -0.540. The maximum atomic E-state index is 12.0. The summed E-state index contributed by atoms with van der Waals surface area (Å²) < 4.78 is 5.75. The molecule has 0 fully saturated rings. The molecule has 0 unspecified atom stereocenters. The zero-order valence-electron chi connectivity index (χ0n) is 16.6. The highest BCUT2D eigenvalue weighted by atomic mass is 16.5. The van der Waals surface area contributed by atoms with E-state index in [1.165, 1.54) is 7.05 Å². The molecule has 0 heterocycles. The van der Waals surface area contributed by atoms with Gasteiger partial charge in [-0.1, -0.05) is 37.1 Å². The lowest BCUT2D eigenvalue weighted by Crippen LogP contribution is -2.29. The van der Waals surface area contributed by atoms with Gasteiger partial charge in [-0.2, -0.15) is 0 Å². The van der Waals surface area contributed by atoms with Crippen LogP contribution in [-0.2, 0) is 9.59 Å². The average Bonchev–Trinajstić information content (AvgIpc) is 2.73. The first-order chi connectivity index (χ1) is 14.1. The number of Topliss-reactive ketones (excluding diaryl/α,β-unsaturated/α-hetero) is 1. The number of hydrogen-bond acceptors (Lipinski definition) is 4. The summed E-state index contributed by atoms with van der Waals surface area (Å²) in [5.41, 5.74) is 0.642. The van der Waals surface area contributed by atoms with E-state index in [-0.39, 0.29) is 18.2 Å². The number of hydrogen-bond donors (Lipinski definition) is 3. The third-order valence-electron chi connectivity index (χ3n) is 4.17. The van der Waals surface area contributed by atoms with Crippen molar-refractivity contribution in [1.29, 1.82) is 0 Å². The number of ether oxygens (including phenoxy) is 1. The summed E-state index contributed by atoms with van der Waals surface area (Å²) in [6.07, 6.45) is 3.45. The Morgan fingerprint density at radius 3 is 2.34 bits per heavy atom. The first-order valence-electron chi connectivity index (χ1n) is 9.71. The standard InChI is InChI=1S/C22H27N3O4/c1-23-21(27)20(26)14-7-2-3-8-15-24-22(28)25-17-10-9-13-19(16-17)29-18-11-5-4-6-12-18/h4-6,9-13,16H,2-3,7-8,14-15H2,1H3,(H,23,27)(H2,24,25,28). The molecular formula is C22H27N3O4. The van der Waals surface area contributed by atoms with Gasteiger partial charge in [-0.25, -0.2) is 4.79 Å². The van der Waals surface area contributed by atoms with Crippen LogP contribution in [-0.4, -0.2) is 31.3 Å². The molecule has 2 aromatic rings. The lowest BCUT2D eigenvalue weighted by atomic mass is 10.1. The van der Waals surface area contributed by atoms with Crippen LogP contribution >= 0.6 is 0 Å². The van der Waals surface area contributed by atoms with Crippen LogP contribution in [0.2, 0.25) is 0 Å². The average molecular weight is 397 g/mol. The van der Waals surface area contributed by atoms with Crippen molar-refractivity contribution < 1.29 is 19.1 Å². The minimum absolute atomic E-state index is 0.259. The summed E-state index contributed by atoms with van der Waals surface area (Å²) in [4.78, 5) is 34.5. The number of carbonyl (C=O) groups excluding carboxylic acids is 3. The van der Waals surface area contributed by atoms with E-state index in [0.29, 0.717) is 24.4 Å². The van der Waals surface area contributed by atoms with Crippen molar-refractivity contribution in [3.63, 3.8) is 0 Å². The maximum Gasteiger partial charge on any atom is 0.319 e. The molecule has 0 saturated carbocycles. The van der Waals surface area contributed by atoms with Crippen LogP contribution in [0.3, 0.4) is 0 Å². The molecule has 3 amide bonds. The Morgan fingerprint density at radius 2 is 1.59 bits per heavy atom. The highest BCUT2D eigenvalue weighted by Gasteiger charge is 2.10. The highest BCUT2D eigenvalue weighted by molar-refractivity contribution is 6.36. The Kier molecular flexibility index (Phi) is 9.21. The smallest absolute Gasteiger partial charge is 0.319 e. The molecule has 154 valence electrons. The van der Waals surface area contributed by atoms with Crippen LogP contribution in [0.15, 0.2) is 54.6 Å². The van der Waals surface area contributed by atoms with E-state index < -0.39 is 5.91 Å². The van der Waals surface area contributed by atoms with Crippen LogP contribution in [0.5, 0.6) is 11.5 Å². The Labute approximate surface area is 170 Å².